The van der Waals surface area contributed by atoms with E-state index in [-0.39, 0.29) is 6.54 Å². The molecule has 0 saturated heterocycles. The number of aryl methyl sites for hydroxylation is 2. The quantitative estimate of drug-likeness (QED) is 0.800. The highest BCUT2D eigenvalue weighted by Gasteiger charge is 2.13. The normalized spacial score (nSPS) is 12.0. The summed E-state index contributed by atoms with van der Waals surface area (Å²) in [4.78, 5) is 26.4. The van der Waals surface area contributed by atoms with Gasteiger partial charge in [0.25, 0.3) is 0 Å². The van der Waals surface area contributed by atoms with Crippen molar-refractivity contribution in [3.05, 3.63) is 17.3 Å². The Hall–Kier alpha value is -1.56. The number of imide groups is 1. The standard InChI is InChI=1S/C10H14ClN3O3/c1-5(11)9(15)14-10(16)12-4-8-13-6(2)7(3)17-8/h5H,4H2,1-3H3,(H2,12,14,15,16). The van der Waals surface area contributed by atoms with Gasteiger partial charge in [-0.15, -0.1) is 11.6 Å². The summed E-state index contributed by atoms with van der Waals surface area (Å²) in [6.07, 6.45) is 0. The van der Waals surface area contributed by atoms with Gasteiger partial charge in [-0.05, 0) is 20.8 Å². The van der Waals surface area contributed by atoms with E-state index in [1.807, 2.05) is 0 Å². The molecule has 0 fully saturated rings. The fourth-order valence-electron chi connectivity index (χ4n) is 1.03. The zero-order valence-corrected chi connectivity index (χ0v) is 10.6. The van der Waals surface area contributed by atoms with Crippen LogP contribution in [0.4, 0.5) is 4.79 Å². The first-order valence-corrected chi connectivity index (χ1v) is 5.49. The summed E-state index contributed by atoms with van der Waals surface area (Å²) in [6, 6.07) is -0.629. The molecular formula is C10H14ClN3O3. The van der Waals surface area contributed by atoms with Crippen molar-refractivity contribution in [1.82, 2.24) is 15.6 Å². The number of carbonyl (C=O) groups is 2. The minimum atomic E-state index is -0.757. The number of alkyl halides is 1. The molecule has 1 heterocycles. The average Bonchev–Trinajstić information content (AvgIpc) is 2.55. The van der Waals surface area contributed by atoms with Gasteiger partial charge in [0.15, 0.2) is 0 Å². The fraction of sp³-hybridized carbons (Fsp3) is 0.500. The Balaban J connectivity index is 2.41. The summed E-state index contributed by atoms with van der Waals surface area (Å²) in [5.41, 5.74) is 0.771. The van der Waals surface area contributed by atoms with Gasteiger partial charge >= 0.3 is 6.03 Å². The molecule has 3 amide bonds. The van der Waals surface area contributed by atoms with Gasteiger partial charge < -0.3 is 9.73 Å². The first-order valence-electron chi connectivity index (χ1n) is 5.06. The molecule has 0 radical (unpaired) electrons. The maximum absolute atomic E-state index is 11.3. The van der Waals surface area contributed by atoms with Crippen LogP contribution in [-0.2, 0) is 11.3 Å². The van der Waals surface area contributed by atoms with Gasteiger partial charge in [0.2, 0.25) is 11.8 Å². The second kappa shape index (κ2) is 5.67. The molecule has 0 saturated carbocycles. The van der Waals surface area contributed by atoms with Crippen molar-refractivity contribution in [1.29, 1.82) is 0 Å². The smallest absolute Gasteiger partial charge is 0.321 e. The largest absolute Gasteiger partial charge is 0.444 e. The molecule has 6 nitrogen and oxygen atoms in total. The third kappa shape index (κ3) is 4.07. The van der Waals surface area contributed by atoms with Crippen LogP contribution in [0.1, 0.15) is 24.3 Å². The molecule has 0 aromatic carbocycles. The van der Waals surface area contributed by atoms with Crippen molar-refractivity contribution in [2.75, 3.05) is 0 Å². The molecule has 7 heteroatoms. The van der Waals surface area contributed by atoms with Gasteiger partial charge in [-0.2, -0.15) is 0 Å². The maximum Gasteiger partial charge on any atom is 0.321 e. The Morgan fingerprint density at radius 2 is 2.12 bits per heavy atom. The predicted octanol–water partition coefficient (Wildman–Crippen LogP) is 1.24. The van der Waals surface area contributed by atoms with E-state index in [9.17, 15) is 9.59 Å². The number of amides is 3. The molecule has 1 atom stereocenters. The molecule has 1 aromatic heterocycles. The molecular weight excluding hydrogens is 246 g/mol. The number of urea groups is 1. The molecule has 0 aliphatic rings. The Morgan fingerprint density at radius 1 is 1.47 bits per heavy atom. The average molecular weight is 260 g/mol. The predicted molar refractivity (Wildman–Crippen MR) is 61.7 cm³/mol. The van der Waals surface area contributed by atoms with Gasteiger partial charge in [0.05, 0.1) is 12.2 Å². The van der Waals surface area contributed by atoms with Crippen LogP contribution in [0, 0.1) is 13.8 Å². The van der Waals surface area contributed by atoms with Crippen molar-refractivity contribution >= 4 is 23.5 Å². The highest BCUT2D eigenvalue weighted by atomic mass is 35.5. The number of aromatic nitrogens is 1. The number of oxazole rings is 1. The second-order valence-corrected chi connectivity index (χ2v) is 4.19. The SMILES string of the molecule is Cc1nc(CNC(=O)NC(=O)C(C)Cl)oc1C. The van der Waals surface area contributed by atoms with Gasteiger partial charge in [-0.1, -0.05) is 0 Å². The summed E-state index contributed by atoms with van der Waals surface area (Å²) in [7, 11) is 0. The lowest BCUT2D eigenvalue weighted by Crippen LogP contribution is -2.41. The Labute approximate surface area is 104 Å². The van der Waals surface area contributed by atoms with E-state index in [1.165, 1.54) is 6.92 Å². The van der Waals surface area contributed by atoms with Crippen LogP contribution < -0.4 is 10.6 Å². The van der Waals surface area contributed by atoms with Crippen LogP contribution in [-0.4, -0.2) is 22.3 Å². The lowest BCUT2D eigenvalue weighted by molar-refractivity contribution is -0.119. The van der Waals surface area contributed by atoms with Crippen molar-refractivity contribution in [2.45, 2.75) is 32.7 Å². The molecule has 0 aliphatic heterocycles. The molecule has 1 rings (SSSR count). The van der Waals surface area contributed by atoms with Crippen LogP contribution in [0.25, 0.3) is 0 Å². The van der Waals surface area contributed by atoms with Crippen LogP contribution >= 0.6 is 11.6 Å². The highest BCUT2D eigenvalue weighted by Crippen LogP contribution is 2.07. The van der Waals surface area contributed by atoms with Crippen LogP contribution in [0.15, 0.2) is 4.42 Å². The van der Waals surface area contributed by atoms with Gasteiger partial charge in [0.1, 0.15) is 11.1 Å². The summed E-state index contributed by atoms with van der Waals surface area (Å²) in [5.74, 6) is 0.540. The first kappa shape index (κ1) is 13.5. The van der Waals surface area contributed by atoms with E-state index in [0.717, 1.165) is 5.69 Å². The number of nitrogens with one attached hydrogen (secondary N) is 2. The Bertz CT molecular complexity index is 409. The molecule has 0 spiro atoms. The lowest BCUT2D eigenvalue weighted by Gasteiger charge is -2.05. The van der Waals surface area contributed by atoms with E-state index in [2.05, 4.69) is 15.6 Å². The minimum Gasteiger partial charge on any atom is -0.444 e. The van der Waals surface area contributed by atoms with E-state index in [4.69, 9.17) is 16.0 Å². The van der Waals surface area contributed by atoms with Gasteiger partial charge in [0, 0.05) is 0 Å². The number of nitrogens with zero attached hydrogens (tertiary/aromatic N) is 1. The van der Waals surface area contributed by atoms with Crippen molar-refractivity contribution in [3.63, 3.8) is 0 Å². The molecule has 0 bridgehead atoms. The molecule has 17 heavy (non-hydrogen) atoms. The van der Waals surface area contributed by atoms with Crippen LogP contribution in [0.5, 0.6) is 0 Å². The zero-order chi connectivity index (χ0) is 13.0. The second-order valence-electron chi connectivity index (χ2n) is 3.54. The Kier molecular flexibility index (Phi) is 4.51. The summed E-state index contributed by atoms with van der Waals surface area (Å²) in [5, 5.41) is 3.76. The first-order chi connectivity index (χ1) is 7.90. The zero-order valence-electron chi connectivity index (χ0n) is 9.83. The van der Waals surface area contributed by atoms with Crippen molar-refractivity contribution in [2.24, 2.45) is 0 Å². The van der Waals surface area contributed by atoms with E-state index < -0.39 is 17.3 Å². The minimum absolute atomic E-state index is 0.116. The summed E-state index contributed by atoms with van der Waals surface area (Å²) in [6.45, 7) is 5.18. The van der Waals surface area contributed by atoms with Crippen LogP contribution in [0.2, 0.25) is 0 Å². The van der Waals surface area contributed by atoms with Crippen molar-refractivity contribution < 1.29 is 14.0 Å². The van der Waals surface area contributed by atoms with E-state index >= 15 is 0 Å². The molecule has 1 aromatic rings. The lowest BCUT2D eigenvalue weighted by atomic mass is 10.4. The third-order valence-corrected chi connectivity index (χ3v) is 2.27. The van der Waals surface area contributed by atoms with Gasteiger partial charge in [-0.25, -0.2) is 9.78 Å². The Morgan fingerprint density at radius 3 is 2.59 bits per heavy atom. The third-order valence-electron chi connectivity index (χ3n) is 2.07. The number of halogens is 1. The van der Waals surface area contributed by atoms with Crippen LogP contribution in [0.3, 0.4) is 0 Å². The highest BCUT2D eigenvalue weighted by molar-refractivity contribution is 6.31. The summed E-state index contributed by atoms with van der Waals surface area (Å²) < 4.78 is 5.25. The van der Waals surface area contributed by atoms with Crippen molar-refractivity contribution in [3.8, 4) is 0 Å². The number of hydrogen-bond donors (Lipinski definition) is 2. The number of carbonyl (C=O) groups excluding carboxylic acids is 2. The number of rotatable bonds is 3. The van der Waals surface area contributed by atoms with E-state index in [0.29, 0.717) is 11.7 Å². The molecule has 1 unspecified atom stereocenters. The molecule has 2 N–H and O–H groups in total. The fourth-order valence-corrected chi connectivity index (χ4v) is 1.08. The monoisotopic (exact) mass is 259 g/mol. The van der Waals surface area contributed by atoms with E-state index in [1.54, 1.807) is 13.8 Å². The molecule has 0 aliphatic carbocycles. The summed E-state index contributed by atoms with van der Waals surface area (Å²) >= 11 is 5.49. The topological polar surface area (TPSA) is 84.2 Å². The van der Waals surface area contributed by atoms with Gasteiger partial charge in [-0.3, -0.25) is 10.1 Å². The number of hydrogen-bond acceptors (Lipinski definition) is 4. The maximum atomic E-state index is 11.3. The molecule has 94 valence electrons.